The number of hydrogen-bond acceptors (Lipinski definition) is 5. The van der Waals surface area contributed by atoms with Crippen molar-refractivity contribution in [3.8, 4) is 0 Å². The van der Waals surface area contributed by atoms with Crippen molar-refractivity contribution in [3.05, 3.63) is 10.6 Å². The van der Waals surface area contributed by atoms with Crippen LogP contribution in [0.4, 0.5) is 9.93 Å². The van der Waals surface area contributed by atoms with Crippen molar-refractivity contribution in [1.29, 1.82) is 0 Å². The third-order valence-electron chi connectivity index (χ3n) is 2.51. The third kappa shape index (κ3) is 3.19. The first-order chi connectivity index (χ1) is 8.69. The molecule has 18 heavy (non-hydrogen) atoms. The molecule has 0 radical (unpaired) electrons. The van der Waals surface area contributed by atoms with Gasteiger partial charge in [0.25, 0.3) is 0 Å². The summed E-state index contributed by atoms with van der Waals surface area (Å²) in [6, 6.07) is -0.435. The van der Waals surface area contributed by atoms with E-state index in [9.17, 15) is 9.59 Å². The van der Waals surface area contributed by atoms with Gasteiger partial charge >= 0.3 is 12.0 Å². The molecule has 0 saturated carbocycles. The van der Waals surface area contributed by atoms with Gasteiger partial charge in [0.15, 0.2) is 5.13 Å². The molecular weight excluding hydrogens is 254 g/mol. The molecule has 0 spiro atoms. The molecule has 7 heteroatoms. The molecule has 0 unspecified atom stereocenters. The quantitative estimate of drug-likeness (QED) is 0.808. The number of carbonyl (C=O) groups excluding carboxylic acids is 2. The molecule has 1 aliphatic carbocycles. The van der Waals surface area contributed by atoms with Crippen LogP contribution in [0.15, 0.2) is 0 Å². The minimum atomic E-state index is -0.450. The van der Waals surface area contributed by atoms with Gasteiger partial charge in [0, 0.05) is 4.88 Å². The largest absolute Gasteiger partial charge is 0.465 e. The van der Waals surface area contributed by atoms with E-state index >= 15 is 0 Å². The number of thiazole rings is 1. The van der Waals surface area contributed by atoms with Gasteiger partial charge in [-0.05, 0) is 26.2 Å². The second-order valence-corrected chi connectivity index (χ2v) is 4.94. The minimum absolute atomic E-state index is 0.134. The predicted octanol–water partition coefficient (Wildman–Crippen LogP) is 1.32. The molecule has 2 N–H and O–H groups in total. The van der Waals surface area contributed by atoms with Crippen LogP contribution in [-0.4, -0.2) is 30.1 Å². The van der Waals surface area contributed by atoms with Crippen LogP contribution in [0.1, 0.15) is 23.9 Å². The van der Waals surface area contributed by atoms with Crippen LogP contribution >= 0.6 is 11.3 Å². The zero-order chi connectivity index (χ0) is 13.0. The number of aromatic nitrogens is 1. The van der Waals surface area contributed by atoms with Gasteiger partial charge in [-0.3, -0.25) is 10.1 Å². The van der Waals surface area contributed by atoms with Gasteiger partial charge in [0.1, 0.15) is 6.54 Å². The Hall–Kier alpha value is -1.63. The molecule has 1 aliphatic rings. The fourth-order valence-electron chi connectivity index (χ4n) is 1.75. The van der Waals surface area contributed by atoms with Crippen LogP contribution < -0.4 is 10.6 Å². The van der Waals surface area contributed by atoms with Gasteiger partial charge in [0.05, 0.1) is 12.3 Å². The van der Waals surface area contributed by atoms with Gasteiger partial charge in [-0.1, -0.05) is 0 Å². The lowest BCUT2D eigenvalue weighted by Crippen LogP contribution is -2.34. The summed E-state index contributed by atoms with van der Waals surface area (Å²) in [4.78, 5) is 28.1. The summed E-state index contributed by atoms with van der Waals surface area (Å²) in [6.07, 6.45) is 3.17. The number of amides is 2. The molecule has 2 rings (SSSR count). The van der Waals surface area contributed by atoms with Crippen molar-refractivity contribution in [2.75, 3.05) is 18.5 Å². The van der Waals surface area contributed by atoms with E-state index in [2.05, 4.69) is 15.6 Å². The molecule has 1 aromatic heterocycles. The monoisotopic (exact) mass is 269 g/mol. The second kappa shape index (κ2) is 5.81. The summed E-state index contributed by atoms with van der Waals surface area (Å²) >= 11 is 1.50. The van der Waals surface area contributed by atoms with Gasteiger partial charge < -0.3 is 10.1 Å². The Morgan fingerprint density at radius 2 is 2.28 bits per heavy atom. The van der Waals surface area contributed by atoms with Crippen LogP contribution in [0, 0.1) is 0 Å². The predicted molar refractivity (Wildman–Crippen MR) is 67.8 cm³/mol. The maximum absolute atomic E-state index is 11.5. The summed E-state index contributed by atoms with van der Waals surface area (Å²) in [6.45, 7) is 1.89. The number of aryl methyl sites for hydroxylation is 2. The Balaban J connectivity index is 1.78. The Labute approximate surface area is 109 Å². The highest BCUT2D eigenvalue weighted by Gasteiger charge is 2.17. The highest BCUT2D eigenvalue weighted by Crippen LogP contribution is 2.30. The summed E-state index contributed by atoms with van der Waals surface area (Å²) in [5.74, 6) is -0.450. The molecule has 2 amide bonds. The van der Waals surface area contributed by atoms with Crippen LogP contribution in [0.5, 0.6) is 0 Å². The highest BCUT2D eigenvalue weighted by molar-refractivity contribution is 7.15. The van der Waals surface area contributed by atoms with Crippen molar-refractivity contribution in [1.82, 2.24) is 10.3 Å². The van der Waals surface area contributed by atoms with Crippen LogP contribution in [0.2, 0.25) is 0 Å². The minimum Gasteiger partial charge on any atom is -0.465 e. The smallest absolute Gasteiger partial charge is 0.325 e. The van der Waals surface area contributed by atoms with Crippen molar-refractivity contribution in [2.45, 2.75) is 26.2 Å². The van der Waals surface area contributed by atoms with Crippen LogP contribution in [0.25, 0.3) is 0 Å². The van der Waals surface area contributed by atoms with Crippen LogP contribution in [0.3, 0.4) is 0 Å². The molecule has 1 aromatic rings. The Morgan fingerprint density at radius 3 is 3.00 bits per heavy atom. The molecular formula is C11H15N3O3S. The van der Waals surface area contributed by atoms with Crippen molar-refractivity contribution < 1.29 is 14.3 Å². The van der Waals surface area contributed by atoms with Crippen molar-refractivity contribution >= 4 is 28.5 Å². The number of nitrogens with zero attached hydrogens (tertiary/aromatic N) is 1. The van der Waals surface area contributed by atoms with Gasteiger partial charge in [-0.25, -0.2) is 9.78 Å². The average Bonchev–Trinajstić information content (AvgIpc) is 2.87. The van der Waals surface area contributed by atoms with E-state index in [4.69, 9.17) is 4.74 Å². The molecule has 0 aromatic carbocycles. The topological polar surface area (TPSA) is 80.3 Å². The highest BCUT2D eigenvalue weighted by atomic mass is 32.1. The summed E-state index contributed by atoms with van der Waals surface area (Å²) in [5.41, 5.74) is 1.08. The molecule has 0 bridgehead atoms. The Kier molecular flexibility index (Phi) is 4.14. The molecule has 98 valence electrons. The first kappa shape index (κ1) is 12.8. The number of urea groups is 1. The van der Waals surface area contributed by atoms with Crippen molar-refractivity contribution in [3.63, 3.8) is 0 Å². The lowest BCUT2D eigenvalue weighted by atomic mass is 10.4. The molecule has 0 aliphatic heterocycles. The van der Waals surface area contributed by atoms with E-state index in [1.807, 2.05) is 0 Å². The summed E-state index contributed by atoms with van der Waals surface area (Å²) in [5, 5.41) is 5.63. The standard InChI is InChI=1S/C11H15N3O3S/c1-2-17-9(15)6-12-10(16)14-11-13-7-4-3-5-8(7)18-11/h2-6H2,1H3,(H2,12,13,14,16). The zero-order valence-electron chi connectivity index (χ0n) is 10.1. The maximum atomic E-state index is 11.5. The average molecular weight is 269 g/mol. The van der Waals surface area contributed by atoms with E-state index in [0.717, 1.165) is 25.0 Å². The number of rotatable bonds is 4. The van der Waals surface area contributed by atoms with Gasteiger partial charge in [-0.15, -0.1) is 11.3 Å². The van der Waals surface area contributed by atoms with Crippen molar-refractivity contribution in [2.24, 2.45) is 0 Å². The molecule has 0 atom stereocenters. The van der Waals surface area contributed by atoms with Gasteiger partial charge in [-0.2, -0.15) is 0 Å². The lowest BCUT2D eigenvalue weighted by molar-refractivity contribution is -0.141. The van der Waals surface area contributed by atoms with E-state index in [0.29, 0.717) is 11.7 Å². The van der Waals surface area contributed by atoms with Crippen LogP contribution in [-0.2, 0) is 22.4 Å². The first-order valence-corrected chi connectivity index (χ1v) is 6.69. The van der Waals surface area contributed by atoms with Gasteiger partial charge in [0.2, 0.25) is 0 Å². The third-order valence-corrected chi connectivity index (χ3v) is 3.59. The molecule has 0 fully saturated rings. The SMILES string of the molecule is CCOC(=O)CNC(=O)Nc1nc2c(s1)CCC2. The van der Waals surface area contributed by atoms with E-state index in [-0.39, 0.29) is 6.54 Å². The summed E-state index contributed by atoms with van der Waals surface area (Å²) < 4.78 is 4.70. The normalized spacial score (nSPS) is 12.9. The maximum Gasteiger partial charge on any atom is 0.325 e. The molecule has 0 saturated heterocycles. The Morgan fingerprint density at radius 1 is 1.44 bits per heavy atom. The molecule has 6 nitrogen and oxygen atoms in total. The fraction of sp³-hybridized carbons (Fsp3) is 0.545. The lowest BCUT2D eigenvalue weighted by Gasteiger charge is -2.04. The number of fused-ring (bicyclic) bond motifs is 1. The summed E-state index contributed by atoms with van der Waals surface area (Å²) in [7, 11) is 0. The van der Waals surface area contributed by atoms with E-state index < -0.39 is 12.0 Å². The number of carbonyl (C=O) groups is 2. The number of nitrogens with one attached hydrogen (secondary N) is 2. The molecule has 1 heterocycles. The second-order valence-electron chi connectivity index (χ2n) is 3.86. The number of esters is 1. The van der Waals surface area contributed by atoms with E-state index in [1.54, 1.807) is 6.92 Å². The number of anilines is 1. The van der Waals surface area contributed by atoms with E-state index in [1.165, 1.54) is 16.2 Å². The number of ether oxygens (including phenoxy) is 1. The number of hydrogen-bond donors (Lipinski definition) is 2. The zero-order valence-corrected chi connectivity index (χ0v) is 10.9. The fourth-order valence-corrected chi connectivity index (χ4v) is 2.79. The first-order valence-electron chi connectivity index (χ1n) is 5.88. The Bertz CT molecular complexity index is 437.